The zero-order valence-electron chi connectivity index (χ0n) is 25.5. The maximum atomic E-state index is 12.3. The highest BCUT2D eigenvalue weighted by Crippen LogP contribution is 2.31. The molecule has 1 fully saturated rings. The molecular weight excluding hydrogens is 524 g/mol. The Kier molecular flexibility index (Phi) is 9.45. The van der Waals surface area contributed by atoms with E-state index in [9.17, 15) is 4.79 Å². The largest absolute Gasteiger partial charge is 0.514 e. The van der Waals surface area contributed by atoms with Crippen molar-refractivity contribution in [2.45, 2.75) is 91.2 Å². The van der Waals surface area contributed by atoms with Gasteiger partial charge in [-0.1, -0.05) is 75.1 Å². The molecule has 0 saturated heterocycles. The van der Waals surface area contributed by atoms with Gasteiger partial charge in [0.25, 0.3) is 0 Å². The summed E-state index contributed by atoms with van der Waals surface area (Å²) in [6.07, 6.45) is 9.08. The molecule has 0 unspecified atom stereocenters. The fraction of sp³-hybridized carbons (Fsp3) is 0.457. The van der Waals surface area contributed by atoms with Crippen LogP contribution in [0.1, 0.15) is 84.0 Å². The molecule has 1 N–H and O–H groups in total. The predicted octanol–water partition coefficient (Wildman–Crippen LogP) is 8.80. The lowest BCUT2D eigenvalue weighted by molar-refractivity contribution is 0.0207. The molecule has 0 amide bonds. The minimum absolute atomic E-state index is 0.472. The number of benzene rings is 2. The van der Waals surface area contributed by atoms with Crippen LogP contribution in [0.25, 0.3) is 22.3 Å². The maximum Gasteiger partial charge on any atom is 0.514 e. The first kappa shape index (κ1) is 29.6. The highest BCUT2D eigenvalue weighted by Gasteiger charge is 2.20. The van der Waals surface area contributed by atoms with Crippen molar-refractivity contribution in [3.05, 3.63) is 72.1 Å². The molecule has 0 atom stereocenters. The molecule has 5 rings (SSSR count). The van der Waals surface area contributed by atoms with Gasteiger partial charge >= 0.3 is 6.16 Å². The Morgan fingerprint density at radius 3 is 2.48 bits per heavy atom. The smallest absolute Gasteiger partial charge is 0.428 e. The molecule has 1 saturated carbocycles. The first-order valence-corrected chi connectivity index (χ1v) is 15.5. The zero-order chi connectivity index (χ0) is 29.5. The van der Waals surface area contributed by atoms with Gasteiger partial charge in [0, 0.05) is 18.5 Å². The number of anilines is 1. The van der Waals surface area contributed by atoms with Crippen LogP contribution in [0.2, 0.25) is 0 Å². The third kappa shape index (κ3) is 7.69. The first-order valence-electron chi connectivity index (χ1n) is 15.5. The van der Waals surface area contributed by atoms with Gasteiger partial charge in [-0.05, 0) is 75.3 Å². The average molecular weight is 569 g/mol. The van der Waals surface area contributed by atoms with Crippen molar-refractivity contribution < 1.29 is 14.3 Å². The number of fused-ring (bicyclic) bond motifs is 1. The van der Waals surface area contributed by atoms with Crippen LogP contribution in [0.3, 0.4) is 0 Å². The fourth-order valence-corrected chi connectivity index (χ4v) is 5.61. The Labute approximate surface area is 249 Å². The number of aromatic nitrogens is 3. The normalized spacial score (nSPS) is 14.2. The Hall–Kier alpha value is -3.87. The predicted molar refractivity (Wildman–Crippen MR) is 169 cm³/mol. The van der Waals surface area contributed by atoms with Crippen LogP contribution in [-0.2, 0) is 17.7 Å². The molecule has 0 radical (unpaired) electrons. The van der Waals surface area contributed by atoms with Crippen molar-refractivity contribution in [2.75, 3.05) is 11.9 Å². The van der Waals surface area contributed by atoms with E-state index in [0.717, 1.165) is 71.2 Å². The van der Waals surface area contributed by atoms with Crippen LogP contribution in [0.15, 0.2) is 60.7 Å². The van der Waals surface area contributed by atoms with Gasteiger partial charge in [-0.25, -0.2) is 14.8 Å². The summed E-state index contributed by atoms with van der Waals surface area (Å²) < 4.78 is 13.2. The lowest BCUT2D eigenvalue weighted by atomic mass is 9.89. The summed E-state index contributed by atoms with van der Waals surface area (Å²) >= 11 is 0. The summed E-state index contributed by atoms with van der Waals surface area (Å²) in [4.78, 5) is 22.4. The number of pyridine rings is 1. The number of carbonyl (C=O) groups is 1. The van der Waals surface area contributed by atoms with E-state index in [-0.39, 0.29) is 0 Å². The van der Waals surface area contributed by atoms with Gasteiger partial charge in [0.05, 0.1) is 6.54 Å². The molecule has 7 nitrogen and oxygen atoms in total. The number of hydrogen-bond acceptors (Lipinski definition) is 6. The quantitative estimate of drug-likeness (QED) is 0.152. The molecule has 222 valence electrons. The van der Waals surface area contributed by atoms with E-state index >= 15 is 0 Å². The van der Waals surface area contributed by atoms with Crippen molar-refractivity contribution >= 4 is 23.1 Å². The van der Waals surface area contributed by atoms with Crippen molar-refractivity contribution in [2.24, 2.45) is 5.92 Å². The fourth-order valence-electron chi connectivity index (χ4n) is 5.61. The minimum atomic E-state index is -0.710. The number of hydrogen-bond donors (Lipinski definition) is 1. The van der Waals surface area contributed by atoms with Crippen LogP contribution in [0, 0.1) is 5.92 Å². The molecule has 0 bridgehead atoms. The second-order valence-electron chi connectivity index (χ2n) is 12.4. The molecule has 42 heavy (non-hydrogen) atoms. The number of nitrogens with one attached hydrogen (secondary N) is 1. The highest BCUT2D eigenvalue weighted by molar-refractivity contribution is 5.76. The minimum Gasteiger partial charge on any atom is -0.428 e. The third-order valence-electron chi connectivity index (χ3n) is 7.80. The van der Waals surface area contributed by atoms with E-state index in [1.807, 2.05) is 39.0 Å². The summed E-state index contributed by atoms with van der Waals surface area (Å²) in [5.74, 6) is 3.20. The Balaban J connectivity index is 1.36. The lowest BCUT2D eigenvalue weighted by Crippen LogP contribution is -2.26. The van der Waals surface area contributed by atoms with Crippen LogP contribution in [0.5, 0.6) is 5.75 Å². The van der Waals surface area contributed by atoms with Gasteiger partial charge in [0.2, 0.25) is 0 Å². The Morgan fingerprint density at radius 2 is 1.74 bits per heavy atom. The molecular formula is C35H44N4O3. The van der Waals surface area contributed by atoms with Crippen molar-refractivity contribution in [3.8, 4) is 16.9 Å². The topological polar surface area (TPSA) is 78.3 Å². The summed E-state index contributed by atoms with van der Waals surface area (Å²) in [7, 11) is 0. The molecule has 2 heterocycles. The molecule has 4 aromatic rings. The zero-order valence-corrected chi connectivity index (χ0v) is 25.5. The molecule has 2 aromatic carbocycles. The second-order valence-corrected chi connectivity index (χ2v) is 12.4. The van der Waals surface area contributed by atoms with Crippen LogP contribution < -0.4 is 10.1 Å². The first-order chi connectivity index (χ1) is 20.3. The van der Waals surface area contributed by atoms with E-state index in [1.54, 1.807) is 6.07 Å². The molecule has 1 aliphatic rings. The number of nitrogens with zero attached hydrogens (tertiary/aromatic N) is 3. The average Bonchev–Trinajstić information content (AvgIpc) is 3.31. The van der Waals surface area contributed by atoms with Crippen LogP contribution in [0.4, 0.5) is 10.6 Å². The maximum absolute atomic E-state index is 12.3. The number of carbonyl (C=O) groups excluding carboxylic acids is 1. The van der Waals surface area contributed by atoms with Crippen molar-refractivity contribution in [3.63, 3.8) is 0 Å². The SMILES string of the molecule is CCCCc1nc2ccc(NCC3CCCCC3)nc2n1Cc1ccc(-c2ccccc2OC(=O)OC(C)(C)C)cc1. The van der Waals surface area contributed by atoms with Gasteiger partial charge in [0.15, 0.2) is 5.65 Å². The van der Waals surface area contributed by atoms with Gasteiger partial charge < -0.3 is 19.4 Å². The monoisotopic (exact) mass is 568 g/mol. The Bertz CT molecular complexity index is 1480. The standard InChI is InChI=1S/C35H44N4O3/c1-5-6-16-32-37-29-21-22-31(36-23-25-12-8-7-9-13-25)38-33(29)39(32)24-26-17-19-27(20-18-26)28-14-10-11-15-30(28)41-34(40)42-35(2,3)4/h10-11,14-15,17-22,25H,5-9,12-13,16,23-24H2,1-4H3,(H,36,38). The van der Waals surface area contributed by atoms with E-state index < -0.39 is 11.8 Å². The van der Waals surface area contributed by atoms with E-state index in [0.29, 0.717) is 12.3 Å². The van der Waals surface area contributed by atoms with Gasteiger partial charge in [0.1, 0.15) is 28.5 Å². The van der Waals surface area contributed by atoms with Gasteiger partial charge in [-0.3, -0.25) is 0 Å². The van der Waals surface area contributed by atoms with E-state index in [4.69, 9.17) is 19.4 Å². The summed E-state index contributed by atoms with van der Waals surface area (Å²) in [5, 5.41) is 3.61. The van der Waals surface area contributed by atoms with Crippen molar-refractivity contribution in [1.82, 2.24) is 14.5 Å². The second kappa shape index (κ2) is 13.4. The summed E-state index contributed by atoms with van der Waals surface area (Å²) in [5.41, 5.74) is 4.20. The lowest BCUT2D eigenvalue weighted by Gasteiger charge is -2.22. The Morgan fingerprint density at radius 1 is 0.976 bits per heavy atom. The number of ether oxygens (including phenoxy) is 2. The van der Waals surface area contributed by atoms with Gasteiger partial charge in [-0.15, -0.1) is 0 Å². The molecule has 0 aliphatic heterocycles. The summed E-state index contributed by atoms with van der Waals surface area (Å²) in [6, 6.07) is 20.1. The van der Waals surface area contributed by atoms with Gasteiger partial charge in [-0.2, -0.15) is 0 Å². The molecule has 1 aliphatic carbocycles. The van der Waals surface area contributed by atoms with Crippen molar-refractivity contribution in [1.29, 1.82) is 0 Å². The summed E-state index contributed by atoms with van der Waals surface area (Å²) in [6.45, 7) is 9.34. The number of unbranched alkanes of at least 4 members (excludes halogenated alkanes) is 1. The number of rotatable bonds is 10. The van der Waals surface area contributed by atoms with E-state index in [1.165, 1.54) is 32.1 Å². The molecule has 2 aromatic heterocycles. The third-order valence-corrected chi connectivity index (χ3v) is 7.80. The molecule has 0 spiro atoms. The number of aryl methyl sites for hydroxylation is 1. The van der Waals surface area contributed by atoms with E-state index in [2.05, 4.69) is 53.2 Å². The highest BCUT2D eigenvalue weighted by atomic mass is 16.7. The molecule has 7 heteroatoms. The number of para-hydroxylation sites is 1. The number of imidazole rings is 1. The van der Waals surface area contributed by atoms with Crippen LogP contribution >= 0.6 is 0 Å². The van der Waals surface area contributed by atoms with Crippen LogP contribution in [-0.4, -0.2) is 32.8 Å².